The second-order valence-corrected chi connectivity index (χ2v) is 6.29. The normalized spacial score (nSPS) is 10.8. The van der Waals surface area contributed by atoms with Crippen molar-refractivity contribution in [1.82, 2.24) is 14.8 Å². The molecule has 0 fully saturated rings. The summed E-state index contributed by atoms with van der Waals surface area (Å²) >= 11 is 0. The third-order valence-electron chi connectivity index (χ3n) is 4.57. The molecule has 0 spiro atoms. The van der Waals surface area contributed by atoms with Gasteiger partial charge in [0.2, 0.25) is 0 Å². The summed E-state index contributed by atoms with van der Waals surface area (Å²) in [6.45, 7) is 3.95. The molecule has 0 aliphatic carbocycles. The third-order valence-corrected chi connectivity index (χ3v) is 4.57. The highest BCUT2D eigenvalue weighted by Crippen LogP contribution is 2.32. The number of aromatic amines is 1. The molecular formula is C21H17N5. The Balaban J connectivity index is 2.18. The summed E-state index contributed by atoms with van der Waals surface area (Å²) in [4.78, 5) is 0. The van der Waals surface area contributed by atoms with Crippen LogP contribution in [0, 0.1) is 30.6 Å². The topological polar surface area (TPSA) is 81.2 Å². The average Bonchev–Trinajstić information content (AvgIpc) is 3.03. The first-order valence-electron chi connectivity index (χ1n) is 8.32. The van der Waals surface area contributed by atoms with Crippen LogP contribution in [0.25, 0.3) is 27.8 Å². The Hall–Kier alpha value is -3.65. The molecule has 126 valence electrons. The van der Waals surface area contributed by atoms with Gasteiger partial charge in [0.15, 0.2) is 5.65 Å². The molecule has 2 heterocycles. The van der Waals surface area contributed by atoms with Crippen molar-refractivity contribution in [1.29, 1.82) is 10.7 Å². The number of fused-ring (bicyclic) bond motifs is 1. The van der Waals surface area contributed by atoms with E-state index < -0.39 is 0 Å². The van der Waals surface area contributed by atoms with Crippen LogP contribution >= 0.6 is 0 Å². The number of pyridine rings is 1. The molecule has 0 saturated heterocycles. The largest absolute Gasteiger partial charge is 0.283 e. The number of aryl methyl sites for hydroxylation is 2. The van der Waals surface area contributed by atoms with Crippen molar-refractivity contribution < 1.29 is 0 Å². The molecular weight excluding hydrogens is 322 g/mol. The van der Waals surface area contributed by atoms with Gasteiger partial charge in [-0.2, -0.15) is 10.4 Å². The quantitative estimate of drug-likeness (QED) is 0.579. The molecule has 26 heavy (non-hydrogen) atoms. The molecule has 0 aliphatic rings. The van der Waals surface area contributed by atoms with Gasteiger partial charge in [-0.15, -0.1) is 0 Å². The smallest absolute Gasteiger partial charge is 0.168 e. The van der Waals surface area contributed by atoms with Crippen molar-refractivity contribution >= 4 is 11.0 Å². The first-order valence-corrected chi connectivity index (χ1v) is 8.32. The highest BCUT2D eigenvalue weighted by Gasteiger charge is 2.20. The van der Waals surface area contributed by atoms with Crippen LogP contribution in [0.15, 0.2) is 54.6 Å². The first-order chi connectivity index (χ1) is 12.6. The lowest BCUT2D eigenvalue weighted by atomic mass is 9.97. The number of benzene rings is 2. The summed E-state index contributed by atoms with van der Waals surface area (Å²) in [5, 5.41) is 26.9. The van der Waals surface area contributed by atoms with Crippen molar-refractivity contribution in [2.24, 2.45) is 0 Å². The predicted molar refractivity (Wildman–Crippen MR) is 101 cm³/mol. The number of nitriles is 1. The van der Waals surface area contributed by atoms with E-state index in [0.717, 1.165) is 33.5 Å². The Labute approximate surface area is 150 Å². The summed E-state index contributed by atoms with van der Waals surface area (Å²) in [5.74, 6) is 0. The maximum atomic E-state index is 9.85. The molecule has 0 saturated carbocycles. The second-order valence-electron chi connectivity index (χ2n) is 6.29. The zero-order valence-electron chi connectivity index (χ0n) is 14.5. The average molecular weight is 339 g/mol. The van der Waals surface area contributed by atoms with Gasteiger partial charge in [-0.25, -0.2) is 0 Å². The van der Waals surface area contributed by atoms with Crippen molar-refractivity contribution in [3.63, 3.8) is 0 Å². The number of hydrogen-bond donors (Lipinski definition) is 2. The van der Waals surface area contributed by atoms with E-state index in [9.17, 15) is 5.26 Å². The molecule has 0 atom stereocenters. The van der Waals surface area contributed by atoms with Crippen LogP contribution in [0.5, 0.6) is 0 Å². The second kappa shape index (κ2) is 6.01. The summed E-state index contributed by atoms with van der Waals surface area (Å²) < 4.78 is 1.73. The molecule has 4 rings (SSSR count). The van der Waals surface area contributed by atoms with E-state index in [2.05, 4.69) is 16.3 Å². The van der Waals surface area contributed by atoms with E-state index in [1.54, 1.807) is 4.57 Å². The Morgan fingerprint density at radius 1 is 1.04 bits per heavy atom. The lowest BCUT2D eigenvalue weighted by Crippen LogP contribution is -2.23. The van der Waals surface area contributed by atoms with Gasteiger partial charge >= 0.3 is 0 Å². The summed E-state index contributed by atoms with van der Waals surface area (Å²) in [6.07, 6.45) is 0. The summed E-state index contributed by atoms with van der Waals surface area (Å²) in [5.41, 5.74) is 5.60. The van der Waals surface area contributed by atoms with E-state index in [1.807, 2.05) is 68.4 Å². The van der Waals surface area contributed by atoms with E-state index in [1.165, 1.54) is 0 Å². The summed E-state index contributed by atoms with van der Waals surface area (Å²) in [7, 11) is 0. The Morgan fingerprint density at radius 3 is 2.38 bits per heavy atom. The van der Waals surface area contributed by atoms with Crippen molar-refractivity contribution in [3.05, 3.63) is 76.9 Å². The van der Waals surface area contributed by atoms with E-state index >= 15 is 0 Å². The predicted octanol–water partition coefficient (Wildman–Crippen LogP) is 3.99. The minimum Gasteiger partial charge on any atom is -0.283 e. The lowest BCUT2D eigenvalue weighted by molar-refractivity contribution is 0.927. The fourth-order valence-corrected chi connectivity index (χ4v) is 3.29. The molecule has 0 radical (unpaired) electrons. The molecule has 2 aromatic heterocycles. The minimum absolute atomic E-state index is 0.134. The van der Waals surface area contributed by atoms with E-state index in [-0.39, 0.29) is 5.49 Å². The number of aromatic nitrogens is 3. The fraction of sp³-hybridized carbons (Fsp3) is 0.0952. The van der Waals surface area contributed by atoms with Gasteiger partial charge < -0.3 is 0 Å². The van der Waals surface area contributed by atoms with Crippen LogP contribution < -0.4 is 5.49 Å². The van der Waals surface area contributed by atoms with E-state index in [0.29, 0.717) is 11.2 Å². The fourth-order valence-electron chi connectivity index (χ4n) is 3.29. The monoisotopic (exact) mass is 339 g/mol. The van der Waals surface area contributed by atoms with Gasteiger partial charge in [-0.05, 0) is 31.5 Å². The van der Waals surface area contributed by atoms with Gasteiger partial charge in [0.05, 0.1) is 0 Å². The van der Waals surface area contributed by atoms with Gasteiger partial charge in [-0.3, -0.25) is 15.1 Å². The Bertz CT molecular complexity index is 1210. The number of hydrogen-bond acceptors (Lipinski definition) is 3. The van der Waals surface area contributed by atoms with Gasteiger partial charge in [0.1, 0.15) is 17.1 Å². The van der Waals surface area contributed by atoms with Crippen molar-refractivity contribution in [2.75, 3.05) is 0 Å². The van der Waals surface area contributed by atoms with Crippen LogP contribution in [0.4, 0.5) is 0 Å². The lowest BCUT2D eigenvalue weighted by Gasteiger charge is -2.14. The molecule has 0 bridgehead atoms. The van der Waals surface area contributed by atoms with Gasteiger partial charge in [-0.1, -0.05) is 48.0 Å². The molecule has 0 amide bonds. The molecule has 0 unspecified atom stereocenters. The highest BCUT2D eigenvalue weighted by molar-refractivity contribution is 5.98. The Kier molecular flexibility index (Phi) is 3.67. The van der Waals surface area contributed by atoms with Crippen LogP contribution in [0.2, 0.25) is 0 Å². The molecule has 5 heteroatoms. The van der Waals surface area contributed by atoms with Crippen LogP contribution in [-0.4, -0.2) is 14.8 Å². The van der Waals surface area contributed by atoms with Gasteiger partial charge in [0.25, 0.3) is 0 Å². The molecule has 2 aromatic carbocycles. The molecule has 0 aliphatic heterocycles. The van der Waals surface area contributed by atoms with Crippen molar-refractivity contribution in [3.8, 4) is 22.9 Å². The maximum absolute atomic E-state index is 9.85. The zero-order valence-corrected chi connectivity index (χ0v) is 14.5. The zero-order chi connectivity index (χ0) is 18.3. The molecule has 4 aromatic rings. The Morgan fingerprint density at radius 2 is 1.73 bits per heavy atom. The SMILES string of the molecule is Cc1ccc(-n2c(=N)c(C#N)c(-c3ccccc3)c3c(C)[nH]nc32)cc1. The van der Waals surface area contributed by atoms with Gasteiger partial charge in [0, 0.05) is 22.3 Å². The third kappa shape index (κ3) is 2.32. The standard InChI is InChI=1S/C21H17N5/c1-13-8-10-16(11-9-13)26-20(23)17(12-22)19(15-6-4-3-5-7-15)18-14(2)24-25-21(18)26/h3-11,23H,1-2H3,(H,24,25). The molecule has 2 N–H and O–H groups in total. The van der Waals surface area contributed by atoms with E-state index in [4.69, 9.17) is 5.41 Å². The summed E-state index contributed by atoms with van der Waals surface area (Å²) in [6, 6.07) is 19.8. The minimum atomic E-state index is 0.134. The van der Waals surface area contributed by atoms with Crippen LogP contribution in [0.3, 0.4) is 0 Å². The maximum Gasteiger partial charge on any atom is 0.168 e. The van der Waals surface area contributed by atoms with Crippen LogP contribution in [-0.2, 0) is 0 Å². The number of nitrogens with zero attached hydrogens (tertiary/aromatic N) is 3. The first kappa shape index (κ1) is 15.9. The highest BCUT2D eigenvalue weighted by atomic mass is 15.2. The van der Waals surface area contributed by atoms with Crippen LogP contribution in [0.1, 0.15) is 16.8 Å². The number of H-pyrrole nitrogens is 1. The van der Waals surface area contributed by atoms with Crippen molar-refractivity contribution in [2.45, 2.75) is 13.8 Å². The number of nitrogens with one attached hydrogen (secondary N) is 2. The molecule has 5 nitrogen and oxygen atoms in total. The number of rotatable bonds is 2.